The van der Waals surface area contributed by atoms with Gasteiger partial charge in [0.1, 0.15) is 0 Å². The molecule has 0 bridgehead atoms. The molecule has 1 atom stereocenters. The molecule has 0 amide bonds. The molecule has 1 aliphatic heterocycles. The topological polar surface area (TPSA) is 58.7 Å². The normalized spacial score (nSPS) is 20.9. The summed E-state index contributed by atoms with van der Waals surface area (Å²) >= 11 is 0. The Kier molecular flexibility index (Phi) is 4.20. The minimum absolute atomic E-state index is 0. The van der Waals surface area contributed by atoms with Gasteiger partial charge in [-0.1, -0.05) is 0 Å². The molecule has 1 saturated heterocycles. The zero-order chi connectivity index (χ0) is 9.97. The van der Waals surface area contributed by atoms with Crippen LogP contribution in [0.1, 0.15) is 0 Å². The van der Waals surface area contributed by atoms with Gasteiger partial charge in [0.15, 0.2) is 6.23 Å². The van der Waals surface area contributed by atoms with Crippen LogP contribution < -0.4 is 10.6 Å². The van der Waals surface area contributed by atoms with Crippen molar-refractivity contribution in [3.8, 4) is 0 Å². The maximum absolute atomic E-state index is 9.66. The highest BCUT2D eigenvalue weighted by Gasteiger charge is 2.20. The molecule has 0 radical (unpaired) electrons. The van der Waals surface area contributed by atoms with Crippen molar-refractivity contribution >= 4 is 23.8 Å². The van der Waals surface area contributed by atoms with Crippen molar-refractivity contribution in [3.05, 3.63) is 24.3 Å². The molecule has 5 heteroatoms. The number of hydrogen-bond acceptors (Lipinski definition) is 4. The van der Waals surface area contributed by atoms with Gasteiger partial charge in [0, 0.05) is 17.9 Å². The van der Waals surface area contributed by atoms with Gasteiger partial charge in [0.25, 0.3) is 0 Å². The number of aliphatic hydroxyl groups excluding tert-OH is 1. The number of morpholine rings is 1. The van der Waals surface area contributed by atoms with E-state index in [1.54, 1.807) is 0 Å². The standard InChI is InChI=1S/C10H14N2O2.ClH/c11-8-1-3-9(4-2-8)12-5-6-14-7-10(12)13;/h1-4,10,13H,5-7,11H2;1H. The average Bonchev–Trinajstić information content (AvgIpc) is 2.20. The molecule has 4 nitrogen and oxygen atoms in total. The zero-order valence-electron chi connectivity index (χ0n) is 8.30. The number of halogens is 1. The first-order valence-corrected chi connectivity index (χ1v) is 4.65. The Hall–Kier alpha value is -0.970. The van der Waals surface area contributed by atoms with Crippen molar-refractivity contribution in [2.75, 3.05) is 30.4 Å². The Bertz CT molecular complexity index is 305. The highest BCUT2D eigenvalue weighted by Crippen LogP contribution is 2.19. The van der Waals surface area contributed by atoms with Crippen LogP contribution in [0.5, 0.6) is 0 Å². The summed E-state index contributed by atoms with van der Waals surface area (Å²) in [6, 6.07) is 7.47. The van der Waals surface area contributed by atoms with Crippen LogP contribution in [0.3, 0.4) is 0 Å². The second-order valence-electron chi connectivity index (χ2n) is 3.34. The van der Waals surface area contributed by atoms with Gasteiger partial charge in [-0.2, -0.15) is 0 Å². The van der Waals surface area contributed by atoms with Crippen LogP contribution in [0.25, 0.3) is 0 Å². The third-order valence-electron chi connectivity index (χ3n) is 2.33. The molecule has 1 fully saturated rings. The molecule has 0 aliphatic carbocycles. The van der Waals surface area contributed by atoms with Crippen LogP contribution in [0.4, 0.5) is 11.4 Å². The van der Waals surface area contributed by atoms with Gasteiger partial charge in [-0.05, 0) is 24.3 Å². The van der Waals surface area contributed by atoms with E-state index in [1.807, 2.05) is 29.2 Å². The molecule has 0 aromatic heterocycles. The predicted molar refractivity (Wildman–Crippen MR) is 62.3 cm³/mol. The Morgan fingerprint density at radius 3 is 2.60 bits per heavy atom. The van der Waals surface area contributed by atoms with Crippen molar-refractivity contribution in [2.45, 2.75) is 6.23 Å². The Labute approximate surface area is 95.0 Å². The largest absolute Gasteiger partial charge is 0.399 e. The first-order valence-electron chi connectivity index (χ1n) is 4.65. The number of benzene rings is 1. The van der Waals surface area contributed by atoms with Gasteiger partial charge in [-0.25, -0.2) is 0 Å². The molecule has 1 heterocycles. The molecule has 1 aliphatic rings. The molecule has 1 aromatic rings. The van der Waals surface area contributed by atoms with E-state index < -0.39 is 6.23 Å². The summed E-state index contributed by atoms with van der Waals surface area (Å²) < 4.78 is 5.14. The maximum atomic E-state index is 9.66. The molecular weight excluding hydrogens is 216 g/mol. The number of nitrogens with two attached hydrogens (primary N) is 1. The number of hydrogen-bond donors (Lipinski definition) is 2. The summed E-state index contributed by atoms with van der Waals surface area (Å²) in [5.74, 6) is 0. The van der Waals surface area contributed by atoms with Crippen molar-refractivity contribution in [1.29, 1.82) is 0 Å². The van der Waals surface area contributed by atoms with Crippen molar-refractivity contribution < 1.29 is 9.84 Å². The van der Waals surface area contributed by atoms with E-state index in [4.69, 9.17) is 10.5 Å². The predicted octanol–water partition coefficient (Wildman–Crippen LogP) is 0.846. The van der Waals surface area contributed by atoms with Gasteiger partial charge in [0.05, 0.1) is 13.2 Å². The highest BCUT2D eigenvalue weighted by atomic mass is 35.5. The van der Waals surface area contributed by atoms with Gasteiger partial charge in [-0.3, -0.25) is 0 Å². The molecule has 1 aromatic carbocycles. The van der Waals surface area contributed by atoms with Gasteiger partial charge < -0.3 is 20.5 Å². The molecule has 84 valence electrons. The highest BCUT2D eigenvalue weighted by molar-refractivity contribution is 5.85. The van der Waals surface area contributed by atoms with E-state index in [0.717, 1.165) is 11.4 Å². The number of nitrogen functional groups attached to an aromatic ring is 1. The van der Waals surface area contributed by atoms with E-state index in [1.165, 1.54) is 0 Å². The lowest BCUT2D eigenvalue weighted by molar-refractivity contribution is 0.00633. The van der Waals surface area contributed by atoms with Crippen LogP contribution >= 0.6 is 12.4 Å². The lowest BCUT2D eigenvalue weighted by atomic mass is 10.2. The molecular formula is C10H15ClN2O2. The summed E-state index contributed by atoms with van der Waals surface area (Å²) in [7, 11) is 0. The van der Waals surface area contributed by atoms with E-state index >= 15 is 0 Å². The summed E-state index contributed by atoms with van der Waals surface area (Å²) in [5.41, 5.74) is 7.30. The summed E-state index contributed by atoms with van der Waals surface area (Å²) in [5, 5.41) is 9.66. The summed E-state index contributed by atoms with van der Waals surface area (Å²) in [6.07, 6.45) is -0.549. The number of ether oxygens (including phenoxy) is 1. The molecule has 0 saturated carbocycles. The fourth-order valence-electron chi connectivity index (χ4n) is 1.56. The molecule has 0 spiro atoms. The Morgan fingerprint density at radius 2 is 2.00 bits per heavy atom. The van der Waals surface area contributed by atoms with Gasteiger partial charge >= 0.3 is 0 Å². The van der Waals surface area contributed by atoms with E-state index in [0.29, 0.717) is 19.8 Å². The van der Waals surface area contributed by atoms with E-state index in [2.05, 4.69) is 0 Å². The zero-order valence-corrected chi connectivity index (χ0v) is 9.11. The first kappa shape index (κ1) is 12.1. The lowest BCUT2D eigenvalue weighted by Crippen LogP contribution is -2.45. The summed E-state index contributed by atoms with van der Waals surface area (Å²) in [6.45, 7) is 1.73. The SMILES string of the molecule is Cl.Nc1ccc(N2CCOCC2O)cc1. The fraction of sp³-hybridized carbons (Fsp3) is 0.400. The molecule has 1 unspecified atom stereocenters. The fourth-order valence-corrected chi connectivity index (χ4v) is 1.56. The van der Waals surface area contributed by atoms with Crippen LogP contribution in [0.15, 0.2) is 24.3 Å². The lowest BCUT2D eigenvalue weighted by Gasteiger charge is -2.33. The van der Waals surface area contributed by atoms with Crippen LogP contribution in [0, 0.1) is 0 Å². The smallest absolute Gasteiger partial charge is 0.150 e. The average molecular weight is 231 g/mol. The van der Waals surface area contributed by atoms with E-state index in [9.17, 15) is 5.11 Å². The second kappa shape index (κ2) is 5.21. The first-order chi connectivity index (χ1) is 6.77. The van der Waals surface area contributed by atoms with E-state index in [-0.39, 0.29) is 12.4 Å². The third-order valence-corrected chi connectivity index (χ3v) is 2.33. The van der Waals surface area contributed by atoms with Gasteiger partial charge in [0.2, 0.25) is 0 Å². The molecule has 15 heavy (non-hydrogen) atoms. The number of nitrogens with zero attached hydrogens (tertiary/aromatic N) is 1. The van der Waals surface area contributed by atoms with Crippen molar-refractivity contribution in [3.63, 3.8) is 0 Å². The maximum Gasteiger partial charge on any atom is 0.150 e. The quantitative estimate of drug-likeness (QED) is 0.703. The molecule has 3 N–H and O–H groups in total. The van der Waals surface area contributed by atoms with Gasteiger partial charge in [-0.15, -0.1) is 12.4 Å². The van der Waals surface area contributed by atoms with Crippen molar-refractivity contribution in [2.24, 2.45) is 0 Å². The van der Waals surface area contributed by atoms with Crippen LogP contribution in [-0.4, -0.2) is 31.1 Å². The monoisotopic (exact) mass is 230 g/mol. The Balaban J connectivity index is 0.00000112. The number of aliphatic hydroxyl groups is 1. The number of rotatable bonds is 1. The Morgan fingerprint density at radius 1 is 1.33 bits per heavy atom. The third kappa shape index (κ3) is 2.75. The second-order valence-corrected chi connectivity index (χ2v) is 3.34. The molecule has 2 rings (SSSR count). The summed E-state index contributed by atoms with van der Waals surface area (Å²) in [4.78, 5) is 1.91. The minimum atomic E-state index is -0.549. The van der Waals surface area contributed by atoms with Crippen LogP contribution in [0.2, 0.25) is 0 Å². The minimum Gasteiger partial charge on any atom is -0.399 e. The number of anilines is 2. The van der Waals surface area contributed by atoms with Crippen LogP contribution in [-0.2, 0) is 4.74 Å². The van der Waals surface area contributed by atoms with Crippen molar-refractivity contribution in [1.82, 2.24) is 0 Å².